The fourth-order valence-electron chi connectivity index (χ4n) is 5.07. The van der Waals surface area contributed by atoms with Crippen molar-refractivity contribution >= 4 is 5.97 Å². The van der Waals surface area contributed by atoms with Crippen molar-refractivity contribution in [3.05, 3.63) is 0 Å². The van der Waals surface area contributed by atoms with Gasteiger partial charge in [-0.2, -0.15) is 0 Å². The molecular weight excluding hydrogens is 368 g/mol. The minimum absolute atomic E-state index is 0.211. The van der Waals surface area contributed by atoms with E-state index in [0.717, 1.165) is 32.1 Å². The van der Waals surface area contributed by atoms with Crippen molar-refractivity contribution in [2.45, 2.75) is 107 Å². The van der Waals surface area contributed by atoms with Crippen LogP contribution < -0.4 is 0 Å². The summed E-state index contributed by atoms with van der Waals surface area (Å²) in [7, 11) is 0. The van der Waals surface area contributed by atoms with Gasteiger partial charge in [0.2, 0.25) is 0 Å². The normalized spacial score (nSPS) is 40.5. The van der Waals surface area contributed by atoms with Crippen molar-refractivity contribution in [1.29, 1.82) is 0 Å². The lowest BCUT2D eigenvalue weighted by Gasteiger charge is -2.47. The van der Waals surface area contributed by atoms with Crippen molar-refractivity contribution in [2.75, 3.05) is 13.2 Å². The predicted molar refractivity (Wildman–Crippen MR) is 96.5 cm³/mol. The Balaban J connectivity index is 1.51. The first-order valence-electron chi connectivity index (χ1n) is 10.7. The molecule has 4 rings (SSSR count). The van der Waals surface area contributed by atoms with E-state index in [2.05, 4.69) is 0 Å². The van der Waals surface area contributed by atoms with E-state index in [0.29, 0.717) is 19.4 Å². The lowest BCUT2D eigenvalue weighted by atomic mass is 9.87. The average molecular weight is 400 g/mol. The van der Waals surface area contributed by atoms with Crippen molar-refractivity contribution in [3.8, 4) is 0 Å². The highest BCUT2D eigenvalue weighted by molar-refractivity contribution is 5.69. The van der Waals surface area contributed by atoms with Crippen LogP contribution in [0.25, 0.3) is 0 Å². The number of carbonyl (C=O) groups excluding carboxylic acids is 1. The van der Waals surface area contributed by atoms with Crippen molar-refractivity contribution < 1.29 is 38.7 Å². The summed E-state index contributed by atoms with van der Waals surface area (Å²) in [4.78, 5) is 11.9. The zero-order valence-electron chi connectivity index (χ0n) is 16.5. The number of hydrogen-bond donors (Lipinski definition) is 2. The fourth-order valence-corrected chi connectivity index (χ4v) is 5.07. The molecule has 160 valence electrons. The minimum Gasteiger partial charge on any atom is -0.466 e. The molecule has 0 aromatic rings. The van der Waals surface area contributed by atoms with Gasteiger partial charge in [0.15, 0.2) is 5.79 Å². The Bertz CT molecular complexity index is 548. The Labute approximate surface area is 165 Å². The second-order valence-corrected chi connectivity index (χ2v) is 8.33. The van der Waals surface area contributed by atoms with Crippen molar-refractivity contribution in [2.24, 2.45) is 0 Å². The maximum atomic E-state index is 11.9. The molecule has 4 fully saturated rings. The van der Waals surface area contributed by atoms with Crippen LogP contribution >= 0.6 is 0 Å². The van der Waals surface area contributed by atoms with Gasteiger partial charge in [-0.3, -0.25) is 4.79 Å². The zero-order valence-corrected chi connectivity index (χ0v) is 16.5. The molecular formula is C20H32O8. The molecule has 1 saturated carbocycles. The number of hydrogen-bond acceptors (Lipinski definition) is 8. The van der Waals surface area contributed by atoms with E-state index in [-0.39, 0.29) is 36.8 Å². The fraction of sp³-hybridized carbons (Fsp3) is 0.950. The molecule has 0 unspecified atom stereocenters. The van der Waals surface area contributed by atoms with Crippen molar-refractivity contribution in [1.82, 2.24) is 0 Å². The summed E-state index contributed by atoms with van der Waals surface area (Å²) in [6, 6.07) is 0. The first kappa shape index (κ1) is 20.5. The molecule has 0 amide bonds. The standard InChI is InChI=1S/C20H32O8/c1-2-24-15(23)10-12-6-7-14-17(25-12)19-18(16(26-14)13(22)11-21)27-20(28-19)8-4-3-5-9-20/h12-14,16-19,21-22H,2-11H2,1H3/t12-,13-,14+,16+,17+,18-,19+/m1/s1. The Morgan fingerprint density at radius 3 is 2.57 bits per heavy atom. The van der Waals surface area contributed by atoms with Crippen LogP contribution in [0, 0.1) is 0 Å². The Morgan fingerprint density at radius 2 is 1.86 bits per heavy atom. The monoisotopic (exact) mass is 400 g/mol. The number of aliphatic hydroxyl groups excluding tert-OH is 2. The van der Waals surface area contributed by atoms with Crippen LogP contribution in [-0.2, 0) is 28.5 Å². The summed E-state index contributed by atoms with van der Waals surface area (Å²) in [5.41, 5.74) is 0. The summed E-state index contributed by atoms with van der Waals surface area (Å²) in [5.74, 6) is -0.920. The molecule has 1 aliphatic carbocycles. The smallest absolute Gasteiger partial charge is 0.308 e. The van der Waals surface area contributed by atoms with Crippen molar-refractivity contribution in [3.63, 3.8) is 0 Å². The van der Waals surface area contributed by atoms with Gasteiger partial charge in [-0.1, -0.05) is 6.42 Å². The number of carbonyl (C=O) groups is 1. The zero-order chi connectivity index (χ0) is 19.7. The molecule has 2 N–H and O–H groups in total. The molecule has 8 nitrogen and oxygen atoms in total. The van der Waals surface area contributed by atoms with Gasteiger partial charge in [-0.25, -0.2) is 0 Å². The van der Waals surface area contributed by atoms with Gasteiger partial charge in [0, 0.05) is 12.8 Å². The number of fused-ring (bicyclic) bond motifs is 3. The third-order valence-electron chi connectivity index (χ3n) is 6.38. The molecule has 3 saturated heterocycles. The topological polar surface area (TPSA) is 104 Å². The molecule has 0 radical (unpaired) electrons. The van der Waals surface area contributed by atoms with Gasteiger partial charge in [0.25, 0.3) is 0 Å². The quantitative estimate of drug-likeness (QED) is 0.660. The molecule has 0 aromatic heterocycles. The van der Waals surface area contributed by atoms with Crippen LogP contribution in [0.4, 0.5) is 0 Å². The van der Waals surface area contributed by atoms with E-state index in [1.807, 2.05) is 0 Å². The molecule has 3 heterocycles. The second-order valence-electron chi connectivity index (χ2n) is 8.33. The van der Waals surface area contributed by atoms with Crippen LogP contribution in [-0.4, -0.2) is 77.9 Å². The third-order valence-corrected chi connectivity index (χ3v) is 6.38. The Morgan fingerprint density at radius 1 is 1.11 bits per heavy atom. The van der Waals surface area contributed by atoms with Gasteiger partial charge in [0.1, 0.15) is 30.5 Å². The molecule has 0 bridgehead atoms. The van der Waals surface area contributed by atoms with Gasteiger partial charge in [-0.15, -0.1) is 0 Å². The minimum atomic E-state index is -1.03. The van der Waals surface area contributed by atoms with E-state index in [4.69, 9.17) is 23.7 Å². The summed E-state index contributed by atoms with van der Waals surface area (Å²) in [5, 5.41) is 19.8. The maximum absolute atomic E-state index is 11.9. The molecule has 1 spiro atoms. The first-order valence-corrected chi connectivity index (χ1v) is 10.7. The number of rotatable bonds is 5. The molecule has 3 aliphatic heterocycles. The first-order chi connectivity index (χ1) is 13.5. The molecule has 8 heteroatoms. The summed E-state index contributed by atoms with van der Waals surface area (Å²) >= 11 is 0. The lowest BCUT2D eigenvalue weighted by Crippen LogP contribution is -2.62. The van der Waals surface area contributed by atoms with Crippen LogP contribution in [0.15, 0.2) is 0 Å². The second kappa shape index (κ2) is 8.53. The summed E-state index contributed by atoms with van der Waals surface area (Å²) < 4.78 is 30.2. The van der Waals surface area contributed by atoms with Gasteiger partial charge in [0.05, 0.1) is 31.8 Å². The van der Waals surface area contributed by atoms with E-state index in [1.165, 1.54) is 0 Å². The lowest BCUT2D eigenvalue weighted by molar-refractivity contribution is -0.256. The van der Waals surface area contributed by atoms with E-state index in [9.17, 15) is 15.0 Å². The maximum Gasteiger partial charge on any atom is 0.308 e. The van der Waals surface area contributed by atoms with Crippen LogP contribution in [0.3, 0.4) is 0 Å². The van der Waals surface area contributed by atoms with E-state index < -0.39 is 30.7 Å². The number of esters is 1. The van der Waals surface area contributed by atoms with Gasteiger partial charge in [-0.05, 0) is 32.6 Å². The average Bonchev–Trinajstić information content (AvgIpc) is 3.06. The largest absolute Gasteiger partial charge is 0.466 e. The van der Waals surface area contributed by atoms with E-state index >= 15 is 0 Å². The molecule has 28 heavy (non-hydrogen) atoms. The highest BCUT2D eigenvalue weighted by Gasteiger charge is 2.60. The highest BCUT2D eigenvalue weighted by atomic mass is 16.8. The summed E-state index contributed by atoms with van der Waals surface area (Å²) in [6.07, 6.45) is 3.01. The molecule has 4 aliphatic rings. The molecule has 0 aromatic carbocycles. The van der Waals surface area contributed by atoms with Crippen LogP contribution in [0.5, 0.6) is 0 Å². The van der Waals surface area contributed by atoms with Gasteiger partial charge < -0.3 is 33.9 Å². The van der Waals surface area contributed by atoms with E-state index in [1.54, 1.807) is 6.92 Å². The summed E-state index contributed by atoms with van der Waals surface area (Å²) in [6.45, 7) is 1.74. The molecule has 7 atom stereocenters. The predicted octanol–water partition coefficient (Wildman–Crippen LogP) is 1.05. The van der Waals surface area contributed by atoms with Gasteiger partial charge >= 0.3 is 5.97 Å². The SMILES string of the molecule is CCOC(=O)C[C@H]1CC[C@@H]2O[C@@H]([C@H](O)CO)[C@H]3OC4(CCCCC4)O[C@H]3[C@H]2O1. The van der Waals surface area contributed by atoms with Crippen LogP contribution in [0.1, 0.15) is 58.3 Å². The van der Waals surface area contributed by atoms with Crippen LogP contribution in [0.2, 0.25) is 0 Å². The number of aliphatic hydroxyl groups is 2. The number of ether oxygens (including phenoxy) is 5. The Kier molecular flexibility index (Phi) is 6.25. The Hall–Kier alpha value is -0.770. The third kappa shape index (κ3) is 3.95. The highest BCUT2D eigenvalue weighted by Crippen LogP contribution is 2.47.